The first kappa shape index (κ1) is 20.1. The van der Waals surface area contributed by atoms with E-state index >= 15 is 0 Å². The van der Waals surface area contributed by atoms with E-state index in [1.54, 1.807) is 0 Å². The summed E-state index contributed by atoms with van der Waals surface area (Å²) in [6.07, 6.45) is 2.95. The predicted molar refractivity (Wildman–Crippen MR) is 95.3 cm³/mol. The summed E-state index contributed by atoms with van der Waals surface area (Å²) in [4.78, 5) is 20.7. The Morgan fingerprint density at radius 2 is 2.05 bits per heavy atom. The van der Waals surface area contributed by atoms with Gasteiger partial charge in [0.1, 0.15) is 0 Å². The number of hydrogen-bond acceptors (Lipinski definition) is 5. The summed E-state index contributed by atoms with van der Waals surface area (Å²) in [7, 11) is -3.99. The van der Waals surface area contributed by atoms with Gasteiger partial charge < -0.3 is 4.89 Å². The summed E-state index contributed by atoms with van der Waals surface area (Å²) in [6, 6.07) is 0. The van der Waals surface area contributed by atoms with Gasteiger partial charge in [-0.1, -0.05) is 44.1 Å². The van der Waals surface area contributed by atoms with Crippen molar-refractivity contribution in [1.29, 1.82) is 0 Å². The molecular weight excluding hydrogens is 463 g/mol. The Balaban J connectivity index is 2.78. The van der Waals surface area contributed by atoms with Crippen LogP contribution in [0, 0.1) is 10.1 Å². The molecule has 0 aromatic carbocycles. The summed E-state index contributed by atoms with van der Waals surface area (Å²) in [5.74, 6) is 0. The molecule has 1 N–H and O–H groups in total. The van der Waals surface area contributed by atoms with Crippen LogP contribution in [-0.2, 0) is 9.09 Å². The molecule has 0 aromatic rings. The van der Waals surface area contributed by atoms with Gasteiger partial charge in [-0.3, -0.25) is 14.6 Å². The summed E-state index contributed by atoms with van der Waals surface area (Å²) in [5.41, 5.74) is 0.300. The van der Waals surface area contributed by atoms with Gasteiger partial charge in [0.2, 0.25) is 0 Å². The highest BCUT2D eigenvalue weighted by atomic mass is 79.9. The van der Waals surface area contributed by atoms with Crippen LogP contribution >= 0.6 is 51.8 Å². The van der Waals surface area contributed by atoms with E-state index < -0.39 is 12.7 Å². The second-order valence-electron chi connectivity index (χ2n) is 4.28. The number of nitrogens with zero attached hydrogens (tertiary/aromatic N) is 2. The van der Waals surface area contributed by atoms with Gasteiger partial charge in [-0.05, 0) is 11.6 Å². The van der Waals surface area contributed by atoms with Gasteiger partial charge in [-0.2, -0.15) is 0 Å². The van der Waals surface area contributed by atoms with Gasteiger partial charge >= 0.3 is 7.75 Å². The third kappa shape index (κ3) is 5.92. The molecule has 0 saturated heterocycles. The molecule has 0 radical (unpaired) electrons. The van der Waals surface area contributed by atoms with Crippen LogP contribution in [0.15, 0.2) is 23.4 Å². The highest BCUT2D eigenvalue weighted by molar-refractivity contribution is 9.09. The lowest BCUT2D eigenvalue weighted by Gasteiger charge is -2.25. The molecular formula is C11H15Br2N2O5PS. The van der Waals surface area contributed by atoms with Crippen LogP contribution in [0.4, 0.5) is 0 Å². The second-order valence-corrected chi connectivity index (χ2v) is 8.16. The molecule has 1 unspecified atom stereocenters. The Morgan fingerprint density at radius 1 is 1.45 bits per heavy atom. The fourth-order valence-corrected chi connectivity index (χ4v) is 4.47. The number of hydrogen-bond donors (Lipinski definition) is 1. The van der Waals surface area contributed by atoms with Crippen LogP contribution in [0.1, 0.15) is 6.42 Å². The Bertz CT molecular complexity index is 549. The Morgan fingerprint density at radius 3 is 2.55 bits per heavy atom. The largest absolute Gasteiger partial charge is 0.405 e. The van der Waals surface area contributed by atoms with Crippen molar-refractivity contribution < 1.29 is 18.9 Å². The molecule has 7 nitrogen and oxygen atoms in total. The first-order valence-corrected chi connectivity index (χ1v) is 10.4. The summed E-state index contributed by atoms with van der Waals surface area (Å²) >= 11 is 11.5. The third-order valence-corrected chi connectivity index (χ3v) is 5.54. The standard InChI is InChI=1S/C11H15Br2N2O5PS/c12-3-5-14(6-4-13)21(18,19)20-8-9-7-10(15(16)17)1-2-11(9)22/h1,7H,2-6,8H2,(H,18,19). The Kier molecular flexibility index (Phi) is 8.55. The quantitative estimate of drug-likeness (QED) is 0.179. The number of rotatable bonds is 9. The molecule has 1 aliphatic carbocycles. The average molecular weight is 478 g/mol. The van der Waals surface area contributed by atoms with Crippen LogP contribution in [0.2, 0.25) is 0 Å². The minimum atomic E-state index is -3.99. The number of halogens is 2. The predicted octanol–water partition coefficient (Wildman–Crippen LogP) is 3.06. The molecule has 0 fully saturated rings. The smallest absolute Gasteiger partial charge is 0.312 e. The lowest BCUT2D eigenvalue weighted by molar-refractivity contribution is -0.419. The maximum Gasteiger partial charge on any atom is 0.405 e. The van der Waals surface area contributed by atoms with Crippen LogP contribution in [-0.4, -0.2) is 49.7 Å². The third-order valence-electron chi connectivity index (χ3n) is 2.82. The fourth-order valence-electron chi connectivity index (χ4n) is 1.69. The Hall–Kier alpha value is 0.0400. The lowest BCUT2D eigenvalue weighted by atomic mass is 10.0. The summed E-state index contributed by atoms with van der Waals surface area (Å²) < 4.78 is 18.7. The normalized spacial score (nSPS) is 17.9. The monoisotopic (exact) mass is 476 g/mol. The minimum absolute atomic E-state index is 0.0854. The molecule has 22 heavy (non-hydrogen) atoms. The van der Waals surface area contributed by atoms with Gasteiger partial charge in [-0.15, -0.1) is 0 Å². The minimum Gasteiger partial charge on any atom is -0.312 e. The maximum absolute atomic E-state index is 12.3. The molecule has 0 saturated carbocycles. The van der Waals surface area contributed by atoms with Crippen LogP contribution < -0.4 is 0 Å². The van der Waals surface area contributed by atoms with E-state index in [0.717, 1.165) is 0 Å². The van der Waals surface area contributed by atoms with Gasteiger partial charge in [0, 0.05) is 41.1 Å². The van der Waals surface area contributed by atoms with E-state index in [1.807, 2.05) is 0 Å². The zero-order valence-corrected chi connectivity index (χ0v) is 16.4. The lowest BCUT2D eigenvalue weighted by Crippen LogP contribution is -2.26. The molecule has 1 aliphatic rings. The number of thiocarbonyl (C=S) groups is 1. The van der Waals surface area contributed by atoms with E-state index in [-0.39, 0.29) is 18.7 Å². The SMILES string of the molecule is O=[N+]([O-])C1=CCC(=S)C(COP(=O)(O)N(CCBr)CCBr)=C1. The fraction of sp³-hybridized carbons (Fsp3) is 0.545. The molecule has 0 aromatic heterocycles. The van der Waals surface area contributed by atoms with Crippen molar-refractivity contribution in [2.75, 3.05) is 30.4 Å². The maximum atomic E-state index is 12.3. The Labute approximate surface area is 150 Å². The molecule has 0 heterocycles. The van der Waals surface area contributed by atoms with Crippen molar-refractivity contribution in [2.24, 2.45) is 0 Å². The molecule has 1 atom stereocenters. The van der Waals surface area contributed by atoms with Crippen molar-refractivity contribution >= 4 is 56.7 Å². The van der Waals surface area contributed by atoms with Crippen LogP contribution in [0.5, 0.6) is 0 Å². The van der Waals surface area contributed by atoms with E-state index in [0.29, 0.717) is 34.2 Å². The molecule has 0 bridgehead atoms. The van der Waals surface area contributed by atoms with Crippen LogP contribution in [0.25, 0.3) is 0 Å². The van der Waals surface area contributed by atoms with Gasteiger partial charge in [0.15, 0.2) is 0 Å². The van der Waals surface area contributed by atoms with Crippen molar-refractivity contribution in [3.05, 3.63) is 33.5 Å². The summed E-state index contributed by atoms with van der Waals surface area (Å²) in [5, 5.41) is 11.8. The first-order valence-electron chi connectivity index (χ1n) is 6.25. The van der Waals surface area contributed by atoms with Crippen molar-refractivity contribution in [3.63, 3.8) is 0 Å². The number of nitro groups is 1. The number of alkyl halides is 2. The first-order chi connectivity index (χ1) is 10.3. The van der Waals surface area contributed by atoms with Gasteiger partial charge in [0.25, 0.3) is 5.70 Å². The van der Waals surface area contributed by atoms with E-state index in [9.17, 15) is 19.6 Å². The molecule has 124 valence electrons. The average Bonchev–Trinajstić information content (AvgIpc) is 2.46. The molecule has 1 rings (SSSR count). The zero-order chi connectivity index (χ0) is 16.8. The topological polar surface area (TPSA) is 92.9 Å². The van der Waals surface area contributed by atoms with E-state index in [4.69, 9.17) is 16.7 Å². The second kappa shape index (κ2) is 9.36. The molecule has 0 amide bonds. The van der Waals surface area contributed by atoms with Crippen molar-refractivity contribution in [3.8, 4) is 0 Å². The molecule has 0 spiro atoms. The van der Waals surface area contributed by atoms with Gasteiger partial charge in [0.05, 0.1) is 11.5 Å². The summed E-state index contributed by atoms with van der Waals surface area (Å²) in [6.45, 7) is 0.435. The highest BCUT2D eigenvalue weighted by Gasteiger charge is 2.30. The van der Waals surface area contributed by atoms with E-state index in [1.165, 1.54) is 16.8 Å². The zero-order valence-electron chi connectivity index (χ0n) is 11.5. The highest BCUT2D eigenvalue weighted by Crippen LogP contribution is 2.46. The van der Waals surface area contributed by atoms with E-state index in [2.05, 4.69) is 31.9 Å². The van der Waals surface area contributed by atoms with Crippen molar-refractivity contribution in [1.82, 2.24) is 4.67 Å². The van der Waals surface area contributed by atoms with Crippen molar-refractivity contribution in [2.45, 2.75) is 6.42 Å². The molecule has 0 aliphatic heterocycles. The van der Waals surface area contributed by atoms with Crippen LogP contribution in [0.3, 0.4) is 0 Å². The molecule has 11 heteroatoms. The number of allylic oxidation sites excluding steroid dienone is 2. The van der Waals surface area contributed by atoms with Gasteiger partial charge in [-0.25, -0.2) is 9.24 Å².